The van der Waals surface area contributed by atoms with E-state index >= 15 is 0 Å². The highest BCUT2D eigenvalue weighted by molar-refractivity contribution is 5.15. The van der Waals surface area contributed by atoms with Gasteiger partial charge in [0.2, 0.25) is 0 Å². The molecule has 1 aliphatic carbocycles. The molecule has 94 valence electrons. The Bertz CT molecular complexity index is 323. The summed E-state index contributed by atoms with van der Waals surface area (Å²) in [5.74, 6) is 0.934. The first-order chi connectivity index (χ1) is 8.22. The highest BCUT2D eigenvalue weighted by Crippen LogP contribution is 2.34. The number of nitrogens with two attached hydrogens (primary N) is 1. The van der Waals surface area contributed by atoms with Crippen LogP contribution in [-0.4, -0.2) is 5.54 Å². The van der Waals surface area contributed by atoms with E-state index in [1.54, 1.807) is 0 Å². The molecule has 1 aromatic carbocycles. The third kappa shape index (κ3) is 3.57. The van der Waals surface area contributed by atoms with Crippen LogP contribution in [0.3, 0.4) is 0 Å². The predicted molar refractivity (Wildman–Crippen MR) is 73.9 cm³/mol. The van der Waals surface area contributed by atoms with Gasteiger partial charge in [-0.2, -0.15) is 0 Å². The molecule has 1 aliphatic rings. The molecule has 1 heteroatoms. The van der Waals surface area contributed by atoms with E-state index in [1.165, 1.54) is 37.7 Å². The van der Waals surface area contributed by atoms with Gasteiger partial charge in [-0.25, -0.2) is 0 Å². The Kier molecular flexibility index (Phi) is 4.22. The Balaban J connectivity index is 1.83. The zero-order valence-corrected chi connectivity index (χ0v) is 11.0. The molecular formula is C16H25N. The Hall–Kier alpha value is -0.820. The third-order valence-corrected chi connectivity index (χ3v) is 4.43. The molecule has 1 aromatic rings. The molecule has 0 atom stereocenters. The first-order valence-corrected chi connectivity index (χ1v) is 7.05. The maximum atomic E-state index is 6.52. The summed E-state index contributed by atoms with van der Waals surface area (Å²) in [5, 5.41) is 0. The van der Waals surface area contributed by atoms with Gasteiger partial charge in [0.15, 0.2) is 0 Å². The number of aryl methyl sites for hydroxylation is 1. The lowest BCUT2D eigenvalue weighted by Crippen LogP contribution is -2.43. The second-order valence-corrected chi connectivity index (χ2v) is 5.70. The second kappa shape index (κ2) is 5.68. The van der Waals surface area contributed by atoms with Gasteiger partial charge in [0.25, 0.3) is 0 Å². The molecule has 0 spiro atoms. The average molecular weight is 231 g/mol. The molecule has 1 saturated carbocycles. The monoisotopic (exact) mass is 231 g/mol. The van der Waals surface area contributed by atoms with Crippen LogP contribution >= 0.6 is 0 Å². The summed E-state index contributed by atoms with van der Waals surface area (Å²) in [6.45, 7) is 2.30. The fourth-order valence-corrected chi connectivity index (χ4v) is 2.95. The van der Waals surface area contributed by atoms with Gasteiger partial charge >= 0.3 is 0 Å². The molecule has 0 saturated heterocycles. The maximum absolute atomic E-state index is 6.52. The fourth-order valence-electron chi connectivity index (χ4n) is 2.95. The molecule has 17 heavy (non-hydrogen) atoms. The molecule has 1 fully saturated rings. The first kappa shape index (κ1) is 12.6. The van der Waals surface area contributed by atoms with Crippen LogP contribution in [0, 0.1) is 5.92 Å². The highest BCUT2D eigenvalue weighted by atomic mass is 14.7. The summed E-state index contributed by atoms with van der Waals surface area (Å²) in [4.78, 5) is 0. The normalized spacial score (nSPS) is 29.2. The number of hydrogen-bond acceptors (Lipinski definition) is 1. The molecular weight excluding hydrogens is 206 g/mol. The summed E-state index contributed by atoms with van der Waals surface area (Å²) >= 11 is 0. The summed E-state index contributed by atoms with van der Waals surface area (Å²) in [5.41, 5.74) is 8.06. The van der Waals surface area contributed by atoms with E-state index in [-0.39, 0.29) is 5.54 Å². The Morgan fingerprint density at radius 1 is 1.18 bits per heavy atom. The Labute approximate surface area is 105 Å². The van der Waals surface area contributed by atoms with Gasteiger partial charge in [-0.15, -0.1) is 0 Å². The van der Waals surface area contributed by atoms with Crippen LogP contribution < -0.4 is 5.73 Å². The van der Waals surface area contributed by atoms with E-state index in [0.717, 1.165) is 18.8 Å². The van der Waals surface area contributed by atoms with Crippen molar-refractivity contribution < 1.29 is 0 Å². The number of benzene rings is 1. The summed E-state index contributed by atoms with van der Waals surface area (Å²) in [7, 11) is 0. The van der Waals surface area contributed by atoms with Crippen LogP contribution in [0.1, 0.15) is 51.0 Å². The lowest BCUT2D eigenvalue weighted by Gasteiger charge is -2.37. The van der Waals surface area contributed by atoms with Crippen LogP contribution in [0.4, 0.5) is 0 Å². The summed E-state index contributed by atoms with van der Waals surface area (Å²) in [6, 6.07) is 10.7. The standard InChI is InChI=1S/C16H25N/c1-2-14-8-11-16(17,12-9-14)13-10-15-6-4-3-5-7-15/h3-7,14H,2,8-13,17H2,1H3. The lowest BCUT2D eigenvalue weighted by atomic mass is 9.74. The van der Waals surface area contributed by atoms with Gasteiger partial charge in [-0.3, -0.25) is 0 Å². The van der Waals surface area contributed by atoms with Crippen LogP contribution in [0.5, 0.6) is 0 Å². The van der Waals surface area contributed by atoms with E-state index < -0.39 is 0 Å². The average Bonchev–Trinajstić information content (AvgIpc) is 2.39. The largest absolute Gasteiger partial charge is 0.325 e. The first-order valence-electron chi connectivity index (χ1n) is 7.05. The van der Waals surface area contributed by atoms with E-state index in [0.29, 0.717) is 0 Å². The van der Waals surface area contributed by atoms with Crippen molar-refractivity contribution in [1.82, 2.24) is 0 Å². The van der Waals surface area contributed by atoms with Gasteiger partial charge in [-0.1, -0.05) is 43.7 Å². The topological polar surface area (TPSA) is 26.0 Å². The van der Waals surface area contributed by atoms with Gasteiger partial charge in [0.05, 0.1) is 0 Å². The van der Waals surface area contributed by atoms with Crippen molar-refractivity contribution in [2.45, 2.75) is 57.4 Å². The van der Waals surface area contributed by atoms with Crippen molar-refractivity contribution in [2.24, 2.45) is 11.7 Å². The molecule has 1 nitrogen and oxygen atoms in total. The Morgan fingerprint density at radius 2 is 1.82 bits per heavy atom. The predicted octanol–water partition coefficient (Wildman–Crippen LogP) is 3.92. The van der Waals surface area contributed by atoms with E-state index in [1.807, 2.05) is 0 Å². The van der Waals surface area contributed by atoms with E-state index in [2.05, 4.69) is 37.3 Å². The zero-order chi connectivity index (χ0) is 12.1. The van der Waals surface area contributed by atoms with E-state index in [9.17, 15) is 0 Å². The molecule has 2 N–H and O–H groups in total. The molecule has 0 heterocycles. The van der Waals surface area contributed by atoms with Crippen LogP contribution in [-0.2, 0) is 6.42 Å². The molecule has 0 aliphatic heterocycles. The van der Waals surface area contributed by atoms with Crippen molar-refractivity contribution in [3.8, 4) is 0 Å². The van der Waals surface area contributed by atoms with Gasteiger partial charge in [0.1, 0.15) is 0 Å². The molecule has 0 amide bonds. The molecule has 0 bridgehead atoms. The molecule has 2 rings (SSSR count). The molecule has 0 radical (unpaired) electrons. The Morgan fingerprint density at radius 3 is 2.41 bits per heavy atom. The zero-order valence-electron chi connectivity index (χ0n) is 11.0. The van der Waals surface area contributed by atoms with E-state index in [4.69, 9.17) is 5.73 Å². The van der Waals surface area contributed by atoms with Gasteiger partial charge in [0, 0.05) is 5.54 Å². The minimum atomic E-state index is 0.113. The fraction of sp³-hybridized carbons (Fsp3) is 0.625. The maximum Gasteiger partial charge on any atom is 0.0157 e. The third-order valence-electron chi connectivity index (χ3n) is 4.43. The second-order valence-electron chi connectivity index (χ2n) is 5.70. The number of rotatable bonds is 4. The highest BCUT2D eigenvalue weighted by Gasteiger charge is 2.30. The van der Waals surface area contributed by atoms with Crippen LogP contribution in [0.25, 0.3) is 0 Å². The van der Waals surface area contributed by atoms with Crippen LogP contribution in [0.15, 0.2) is 30.3 Å². The minimum absolute atomic E-state index is 0.113. The summed E-state index contributed by atoms with van der Waals surface area (Å²) < 4.78 is 0. The van der Waals surface area contributed by atoms with Crippen molar-refractivity contribution >= 4 is 0 Å². The van der Waals surface area contributed by atoms with Crippen molar-refractivity contribution in [3.63, 3.8) is 0 Å². The van der Waals surface area contributed by atoms with Crippen LogP contribution in [0.2, 0.25) is 0 Å². The minimum Gasteiger partial charge on any atom is -0.325 e. The lowest BCUT2D eigenvalue weighted by molar-refractivity contribution is 0.218. The van der Waals surface area contributed by atoms with Crippen molar-refractivity contribution in [2.75, 3.05) is 0 Å². The quantitative estimate of drug-likeness (QED) is 0.835. The van der Waals surface area contributed by atoms with Gasteiger partial charge < -0.3 is 5.73 Å². The molecule has 0 unspecified atom stereocenters. The van der Waals surface area contributed by atoms with Crippen molar-refractivity contribution in [3.05, 3.63) is 35.9 Å². The molecule has 0 aromatic heterocycles. The smallest absolute Gasteiger partial charge is 0.0157 e. The van der Waals surface area contributed by atoms with Gasteiger partial charge in [-0.05, 0) is 50.0 Å². The van der Waals surface area contributed by atoms with Crippen molar-refractivity contribution in [1.29, 1.82) is 0 Å². The SMILES string of the molecule is CCC1CCC(N)(CCc2ccccc2)CC1. The number of hydrogen-bond donors (Lipinski definition) is 1. The summed E-state index contributed by atoms with van der Waals surface area (Å²) in [6.07, 6.45) is 8.72.